The molecule has 1 fully saturated rings. The van der Waals surface area contributed by atoms with Crippen molar-refractivity contribution in [3.05, 3.63) is 21.9 Å². The topological polar surface area (TPSA) is 12.0 Å². The molecule has 96 valence electrons. The van der Waals surface area contributed by atoms with Crippen LogP contribution in [-0.2, 0) is 13.0 Å². The molecule has 1 aliphatic rings. The summed E-state index contributed by atoms with van der Waals surface area (Å²) >= 11 is 1.96. The van der Waals surface area contributed by atoms with Crippen molar-refractivity contribution < 1.29 is 0 Å². The van der Waals surface area contributed by atoms with Crippen molar-refractivity contribution in [3.8, 4) is 0 Å². The molecular formula is C15H25NS. The van der Waals surface area contributed by atoms with Gasteiger partial charge >= 0.3 is 0 Å². The van der Waals surface area contributed by atoms with E-state index in [1.165, 1.54) is 41.9 Å². The Labute approximate surface area is 110 Å². The maximum Gasteiger partial charge on any atom is 0.0302 e. The van der Waals surface area contributed by atoms with Gasteiger partial charge < -0.3 is 5.32 Å². The van der Waals surface area contributed by atoms with Crippen LogP contribution in [0.3, 0.4) is 0 Å². The van der Waals surface area contributed by atoms with Crippen LogP contribution in [0, 0.1) is 5.41 Å². The third-order valence-electron chi connectivity index (χ3n) is 3.84. The average molecular weight is 251 g/mol. The minimum Gasteiger partial charge on any atom is -0.309 e. The van der Waals surface area contributed by atoms with Gasteiger partial charge in [0.05, 0.1) is 0 Å². The van der Waals surface area contributed by atoms with Crippen LogP contribution in [0.5, 0.6) is 0 Å². The van der Waals surface area contributed by atoms with E-state index in [0.29, 0.717) is 5.41 Å². The molecule has 0 bridgehead atoms. The molecule has 0 radical (unpaired) electrons. The Morgan fingerprint density at radius 3 is 2.76 bits per heavy atom. The molecule has 1 aliphatic carbocycles. The predicted octanol–water partition coefficient (Wildman–Crippen LogP) is 4.37. The molecule has 0 saturated heterocycles. The van der Waals surface area contributed by atoms with Gasteiger partial charge in [-0.3, -0.25) is 0 Å². The molecule has 1 unspecified atom stereocenters. The molecule has 0 spiro atoms. The number of hydrogen-bond donors (Lipinski definition) is 1. The zero-order valence-electron chi connectivity index (χ0n) is 11.4. The van der Waals surface area contributed by atoms with Crippen molar-refractivity contribution >= 4 is 11.3 Å². The minimum atomic E-state index is 0.542. The van der Waals surface area contributed by atoms with E-state index in [9.17, 15) is 0 Å². The zero-order valence-corrected chi connectivity index (χ0v) is 12.2. The Morgan fingerprint density at radius 1 is 1.35 bits per heavy atom. The van der Waals surface area contributed by atoms with Crippen molar-refractivity contribution in [2.45, 2.75) is 65.5 Å². The first-order valence-corrected chi connectivity index (χ1v) is 7.72. The number of thiophene rings is 1. The van der Waals surface area contributed by atoms with Gasteiger partial charge in [-0.2, -0.15) is 0 Å². The highest BCUT2D eigenvalue weighted by Crippen LogP contribution is 2.35. The fourth-order valence-corrected chi connectivity index (χ4v) is 3.73. The van der Waals surface area contributed by atoms with Crippen LogP contribution in [-0.4, -0.2) is 6.04 Å². The molecule has 1 aromatic rings. The standard InChI is InChI=1S/C15H25NS/c1-4-13-7-8-14(17-13)11-16-12-6-5-9-15(2,3)10-12/h7-8,12,16H,4-6,9-11H2,1-3H3. The normalized spacial score (nSPS) is 23.8. The van der Waals surface area contributed by atoms with Crippen LogP contribution in [0.25, 0.3) is 0 Å². The number of hydrogen-bond acceptors (Lipinski definition) is 2. The third kappa shape index (κ3) is 3.82. The minimum absolute atomic E-state index is 0.542. The lowest BCUT2D eigenvalue weighted by Gasteiger charge is -2.35. The maximum atomic E-state index is 3.74. The summed E-state index contributed by atoms with van der Waals surface area (Å²) in [4.78, 5) is 3.00. The van der Waals surface area contributed by atoms with E-state index in [1.807, 2.05) is 11.3 Å². The second kappa shape index (κ2) is 5.53. The van der Waals surface area contributed by atoms with Crippen LogP contribution in [0.2, 0.25) is 0 Å². The van der Waals surface area contributed by atoms with E-state index in [0.717, 1.165) is 12.6 Å². The first-order valence-electron chi connectivity index (χ1n) is 6.90. The van der Waals surface area contributed by atoms with Crippen molar-refractivity contribution in [1.29, 1.82) is 0 Å². The lowest BCUT2D eigenvalue weighted by atomic mass is 9.75. The molecule has 1 saturated carbocycles. The Balaban J connectivity index is 1.81. The van der Waals surface area contributed by atoms with Crippen LogP contribution in [0.1, 0.15) is 56.2 Å². The molecule has 1 atom stereocenters. The van der Waals surface area contributed by atoms with Crippen molar-refractivity contribution in [1.82, 2.24) is 5.32 Å². The predicted molar refractivity (Wildman–Crippen MR) is 76.6 cm³/mol. The zero-order chi connectivity index (χ0) is 12.3. The van der Waals surface area contributed by atoms with Gasteiger partial charge in [0.25, 0.3) is 0 Å². The van der Waals surface area contributed by atoms with Crippen LogP contribution in [0.15, 0.2) is 12.1 Å². The number of rotatable bonds is 4. The second-order valence-corrected chi connectivity index (χ2v) is 7.31. The quantitative estimate of drug-likeness (QED) is 0.838. The van der Waals surface area contributed by atoms with Gasteiger partial charge in [0, 0.05) is 22.3 Å². The lowest BCUT2D eigenvalue weighted by molar-refractivity contribution is 0.198. The van der Waals surface area contributed by atoms with Gasteiger partial charge in [0.1, 0.15) is 0 Å². The van der Waals surface area contributed by atoms with Gasteiger partial charge in [-0.25, -0.2) is 0 Å². The second-order valence-electron chi connectivity index (χ2n) is 6.06. The lowest BCUT2D eigenvalue weighted by Crippen LogP contribution is -2.36. The number of aryl methyl sites for hydroxylation is 1. The molecule has 2 rings (SSSR count). The summed E-state index contributed by atoms with van der Waals surface area (Å²) in [7, 11) is 0. The maximum absolute atomic E-state index is 3.74. The molecule has 1 N–H and O–H groups in total. The van der Waals surface area contributed by atoms with E-state index >= 15 is 0 Å². The first-order chi connectivity index (χ1) is 8.09. The molecule has 1 nitrogen and oxygen atoms in total. The largest absolute Gasteiger partial charge is 0.309 e. The molecule has 2 heteroatoms. The third-order valence-corrected chi connectivity index (χ3v) is 5.07. The SMILES string of the molecule is CCc1ccc(CNC2CCCC(C)(C)C2)s1. The van der Waals surface area contributed by atoms with Crippen LogP contribution >= 0.6 is 11.3 Å². The fourth-order valence-electron chi connectivity index (χ4n) is 2.82. The summed E-state index contributed by atoms with van der Waals surface area (Å²) in [5.74, 6) is 0. The van der Waals surface area contributed by atoms with Gasteiger partial charge in [0.15, 0.2) is 0 Å². The van der Waals surface area contributed by atoms with Crippen LogP contribution < -0.4 is 5.32 Å². The van der Waals surface area contributed by atoms with Gasteiger partial charge in [-0.05, 0) is 43.2 Å². The Morgan fingerprint density at radius 2 is 2.12 bits per heavy atom. The average Bonchev–Trinajstić information content (AvgIpc) is 2.73. The summed E-state index contributed by atoms with van der Waals surface area (Å²) in [5, 5.41) is 3.74. The molecule has 0 amide bonds. The molecule has 1 aromatic heterocycles. The number of nitrogens with one attached hydrogen (secondary N) is 1. The smallest absolute Gasteiger partial charge is 0.0302 e. The first kappa shape index (κ1) is 13.1. The van der Waals surface area contributed by atoms with E-state index in [2.05, 4.69) is 38.2 Å². The molecule has 0 aromatic carbocycles. The van der Waals surface area contributed by atoms with Crippen LogP contribution in [0.4, 0.5) is 0 Å². The summed E-state index contributed by atoms with van der Waals surface area (Å²) in [6.45, 7) is 8.10. The molecule has 17 heavy (non-hydrogen) atoms. The summed E-state index contributed by atoms with van der Waals surface area (Å²) in [6.07, 6.45) is 6.63. The molecule has 1 heterocycles. The van der Waals surface area contributed by atoms with E-state index in [1.54, 1.807) is 0 Å². The van der Waals surface area contributed by atoms with Gasteiger partial charge in [-0.15, -0.1) is 11.3 Å². The van der Waals surface area contributed by atoms with Crippen molar-refractivity contribution in [3.63, 3.8) is 0 Å². The van der Waals surface area contributed by atoms with Gasteiger partial charge in [-0.1, -0.05) is 27.2 Å². The monoisotopic (exact) mass is 251 g/mol. The highest BCUT2D eigenvalue weighted by atomic mass is 32.1. The van der Waals surface area contributed by atoms with Gasteiger partial charge in [0.2, 0.25) is 0 Å². The summed E-state index contributed by atoms with van der Waals surface area (Å²) < 4.78 is 0. The summed E-state index contributed by atoms with van der Waals surface area (Å²) in [6, 6.07) is 5.28. The summed E-state index contributed by atoms with van der Waals surface area (Å²) in [5.41, 5.74) is 0.542. The van der Waals surface area contributed by atoms with Crippen molar-refractivity contribution in [2.24, 2.45) is 5.41 Å². The highest BCUT2D eigenvalue weighted by molar-refractivity contribution is 7.11. The molecule has 0 aliphatic heterocycles. The Bertz CT molecular complexity index is 354. The van der Waals surface area contributed by atoms with Crippen molar-refractivity contribution in [2.75, 3.05) is 0 Å². The van der Waals surface area contributed by atoms with E-state index < -0.39 is 0 Å². The van der Waals surface area contributed by atoms with E-state index in [-0.39, 0.29) is 0 Å². The Hall–Kier alpha value is -0.340. The fraction of sp³-hybridized carbons (Fsp3) is 0.733. The Kier molecular flexibility index (Phi) is 4.26. The molecular weight excluding hydrogens is 226 g/mol. The van der Waals surface area contributed by atoms with E-state index in [4.69, 9.17) is 0 Å². The highest BCUT2D eigenvalue weighted by Gasteiger charge is 2.27.